The maximum absolute atomic E-state index is 8.55. The second-order valence-electron chi connectivity index (χ2n) is 1.28. The van der Waals surface area contributed by atoms with Gasteiger partial charge < -0.3 is 5.11 Å². The Labute approximate surface area is 43.0 Å². The first-order valence-electron chi connectivity index (χ1n) is 2.11. The van der Waals surface area contributed by atoms with E-state index in [4.69, 9.17) is 5.11 Å². The van der Waals surface area contributed by atoms with E-state index < -0.39 is 0 Å². The lowest BCUT2D eigenvalue weighted by molar-refractivity contribution is 0.415. The van der Waals surface area contributed by atoms with Crippen LogP contribution in [0.2, 0.25) is 0 Å². The monoisotopic (exact) mass is 93.0 g/mol. The highest BCUT2D eigenvalue weighted by Gasteiger charge is 1.93. The Morgan fingerprint density at radius 1 is 1.71 bits per heavy atom. The van der Waals surface area contributed by atoms with Gasteiger partial charge in [-0.1, -0.05) is 12.2 Å². The van der Waals surface area contributed by atoms with Crippen molar-refractivity contribution in [2.24, 2.45) is 0 Å². The van der Waals surface area contributed by atoms with Crippen LogP contribution in [0.3, 0.4) is 0 Å². The van der Waals surface area contributed by atoms with Gasteiger partial charge in [-0.25, -0.2) is 0 Å². The van der Waals surface area contributed by atoms with Gasteiger partial charge >= 0.3 is 0 Å². The molecule has 0 spiro atoms. The molecule has 0 aromatic heterocycles. The third kappa shape index (κ3) is 1.07. The molecule has 0 amide bonds. The highest BCUT2D eigenvalue weighted by atomic mass is 16.3. The van der Waals surface area contributed by atoms with Crippen molar-refractivity contribution in [2.75, 3.05) is 0 Å². The zero-order valence-electron chi connectivity index (χ0n) is 3.81. The molecule has 7 heavy (non-hydrogen) atoms. The minimum atomic E-state index is 0.127. The zero-order valence-corrected chi connectivity index (χ0v) is 3.81. The maximum Gasteiger partial charge on any atom is 0.109 e. The number of aliphatic hydroxyl groups is 1. The van der Waals surface area contributed by atoms with Crippen molar-refractivity contribution in [1.29, 1.82) is 0 Å². The average molecular weight is 93.1 g/mol. The van der Waals surface area contributed by atoms with Gasteiger partial charge in [0.05, 0.1) is 6.42 Å². The van der Waals surface area contributed by atoms with E-state index in [0.717, 1.165) is 0 Å². The fourth-order valence-electron chi connectivity index (χ4n) is 0.403. The lowest BCUT2D eigenvalue weighted by Gasteiger charge is -1.95. The van der Waals surface area contributed by atoms with E-state index in [0.29, 0.717) is 6.42 Å². The standard InChI is InChI=1S/C6H5O/c7-6-4-2-1-3-5-6/h1-2,7H,3H2. The molecule has 1 aliphatic rings. The predicted octanol–water partition coefficient (Wildman–Crippen LogP) is 1.27. The van der Waals surface area contributed by atoms with Crippen molar-refractivity contribution >= 4 is 0 Å². The van der Waals surface area contributed by atoms with Gasteiger partial charge in [0, 0.05) is 6.08 Å². The van der Waals surface area contributed by atoms with E-state index in [1.165, 1.54) is 0 Å². The second kappa shape index (κ2) is 1.82. The molecule has 0 bridgehead atoms. The third-order valence-corrected chi connectivity index (χ3v) is 0.725. The Hall–Kier alpha value is -0.720. The normalized spacial score (nSPS) is 19.1. The summed E-state index contributed by atoms with van der Waals surface area (Å²) >= 11 is 0. The summed E-state index contributed by atoms with van der Waals surface area (Å²) in [7, 11) is 0. The number of hydrogen-bond acceptors (Lipinski definition) is 1. The number of hydrogen-bond donors (Lipinski definition) is 1. The first-order valence-corrected chi connectivity index (χ1v) is 2.11. The summed E-state index contributed by atoms with van der Waals surface area (Å²) in [5.41, 5.74) is 0. The molecular weight excluding hydrogens is 88.1 g/mol. The minimum absolute atomic E-state index is 0.127. The van der Waals surface area contributed by atoms with E-state index in [-0.39, 0.29) is 5.76 Å². The quantitative estimate of drug-likeness (QED) is 0.478. The summed E-state index contributed by atoms with van der Waals surface area (Å²) < 4.78 is 0. The molecule has 0 saturated heterocycles. The lowest BCUT2D eigenvalue weighted by atomic mass is 10.2. The van der Waals surface area contributed by atoms with Crippen LogP contribution in [0.25, 0.3) is 0 Å². The van der Waals surface area contributed by atoms with Crippen LogP contribution in [0.5, 0.6) is 0 Å². The molecule has 1 heteroatoms. The van der Waals surface area contributed by atoms with Crippen molar-refractivity contribution in [1.82, 2.24) is 0 Å². The van der Waals surface area contributed by atoms with Crippen molar-refractivity contribution in [2.45, 2.75) is 6.42 Å². The Balaban J connectivity index is 2.57. The van der Waals surface area contributed by atoms with Gasteiger partial charge in [-0.05, 0) is 6.42 Å². The van der Waals surface area contributed by atoms with Gasteiger partial charge in [-0.3, -0.25) is 0 Å². The Bertz CT molecular complexity index is 111. The smallest absolute Gasteiger partial charge is 0.109 e. The number of rotatable bonds is 0. The van der Waals surface area contributed by atoms with Crippen molar-refractivity contribution in [3.05, 3.63) is 30.4 Å². The van der Waals surface area contributed by atoms with Crippen LogP contribution in [0, 0.1) is 12.5 Å². The maximum atomic E-state index is 8.55. The molecule has 0 atom stereocenters. The Kier molecular flexibility index (Phi) is 1.16. The highest BCUT2D eigenvalue weighted by molar-refractivity contribution is 5.14. The summed E-state index contributed by atoms with van der Waals surface area (Å²) in [6, 6.07) is 0. The second-order valence-corrected chi connectivity index (χ2v) is 1.28. The largest absolute Gasteiger partial charge is 0.511 e. The molecule has 1 nitrogen and oxygen atoms in total. The molecule has 0 fully saturated rings. The summed E-state index contributed by atoms with van der Waals surface area (Å²) in [5.74, 6) is 0.127. The average Bonchev–Trinajstić information content (AvgIpc) is 1.69. The Morgan fingerprint density at radius 2 is 2.57 bits per heavy atom. The number of aliphatic hydroxyl groups excluding tert-OH is 1. The summed E-state index contributed by atoms with van der Waals surface area (Å²) in [5, 5.41) is 8.55. The van der Waals surface area contributed by atoms with Gasteiger partial charge in [0.2, 0.25) is 0 Å². The molecule has 0 aromatic carbocycles. The van der Waals surface area contributed by atoms with Gasteiger partial charge in [0.25, 0.3) is 0 Å². The van der Waals surface area contributed by atoms with Gasteiger partial charge in [-0.2, -0.15) is 0 Å². The van der Waals surface area contributed by atoms with E-state index in [1.54, 1.807) is 6.08 Å². The Morgan fingerprint density at radius 3 is 2.86 bits per heavy atom. The van der Waals surface area contributed by atoms with E-state index >= 15 is 0 Å². The molecular formula is C6H5O. The number of allylic oxidation sites excluding steroid dienone is 4. The van der Waals surface area contributed by atoms with Crippen LogP contribution in [0.4, 0.5) is 0 Å². The van der Waals surface area contributed by atoms with E-state index in [9.17, 15) is 0 Å². The molecule has 35 valence electrons. The minimum Gasteiger partial charge on any atom is -0.511 e. The first kappa shape index (κ1) is 4.44. The zero-order chi connectivity index (χ0) is 5.11. The van der Waals surface area contributed by atoms with Crippen molar-refractivity contribution in [3.8, 4) is 0 Å². The van der Waals surface area contributed by atoms with Gasteiger partial charge in [-0.15, -0.1) is 0 Å². The summed E-state index contributed by atoms with van der Waals surface area (Å²) in [4.78, 5) is 0. The molecule has 1 rings (SSSR count). The van der Waals surface area contributed by atoms with E-state index in [1.807, 2.05) is 6.08 Å². The molecule has 1 N–H and O–H groups in total. The van der Waals surface area contributed by atoms with Crippen LogP contribution >= 0.6 is 0 Å². The molecule has 0 aliphatic heterocycles. The third-order valence-electron chi connectivity index (χ3n) is 0.725. The fourth-order valence-corrected chi connectivity index (χ4v) is 0.403. The van der Waals surface area contributed by atoms with Crippen LogP contribution in [-0.4, -0.2) is 5.11 Å². The van der Waals surface area contributed by atoms with Gasteiger partial charge in [0.1, 0.15) is 5.76 Å². The van der Waals surface area contributed by atoms with Crippen LogP contribution in [0.1, 0.15) is 6.42 Å². The molecule has 3 radical (unpaired) electrons. The molecule has 0 unspecified atom stereocenters. The lowest BCUT2D eigenvalue weighted by Crippen LogP contribution is -1.84. The molecule has 0 saturated carbocycles. The molecule has 0 aromatic rings. The molecule has 0 heterocycles. The SMILES string of the molecule is OC1=[C]C=CC[C]1. The van der Waals surface area contributed by atoms with Crippen LogP contribution in [0.15, 0.2) is 17.9 Å². The first-order chi connectivity index (χ1) is 3.39. The fraction of sp³-hybridized carbons (Fsp3) is 0.167. The summed E-state index contributed by atoms with van der Waals surface area (Å²) in [6.07, 6.45) is 9.49. The summed E-state index contributed by atoms with van der Waals surface area (Å²) in [6.45, 7) is 0. The van der Waals surface area contributed by atoms with Gasteiger partial charge in [0.15, 0.2) is 0 Å². The van der Waals surface area contributed by atoms with Crippen LogP contribution in [-0.2, 0) is 0 Å². The molecule has 1 aliphatic carbocycles. The van der Waals surface area contributed by atoms with Crippen molar-refractivity contribution < 1.29 is 5.11 Å². The topological polar surface area (TPSA) is 20.2 Å². The van der Waals surface area contributed by atoms with Crippen LogP contribution < -0.4 is 0 Å². The van der Waals surface area contributed by atoms with Crippen molar-refractivity contribution in [3.63, 3.8) is 0 Å². The predicted molar refractivity (Wildman–Crippen MR) is 26.4 cm³/mol. The highest BCUT2D eigenvalue weighted by Crippen LogP contribution is 2.04. The van der Waals surface area contributed by atoms with E-state index in [2.05, 4.69) is 12.5 Å².